The van der Waals surface area contributed by atoms with Crippen molar-refractivity contribution in [2.24, 2.45) is 5.92 Å². The predicted molar refractivity (Wildman–Crippen MR) is 111 cm³/mol. The van der Waals surface area contributed by atoms with Gasteiger partial charge >= 0.3 is 0 Å². The zero-order chi connectivity index (χ0) is 19.9. The molecule has 0 N–H and O–H groups in total. The first-order valence-corrected chi connectivity index (χ1v) is 12.0. The van der Waals surface area contributed by atoms with Gasteiger partial charge in [-0.25, -0.2) is 18.1 Å². The number of hydrogen-bond acceptors (Lipinski definition) is 6. The first-order chi connectivity index (χ1) is 13.3. The lowest BCUT2D eigenvalue weighted by molar-refractivity contribution is 0.455. The molecule has 1 saturated carbocycles. The molecule has 1 aliphatic carbocycles. The number of rotatable bonds is 7. The summed E-state index contributed by atoms with van der Waals surface area (Å²) in [6.07, 6.45) is 5.41. The Morgan fingerprint density at radius 1 is 1.36 bits per heavy atom. The third-order valence-corrected chi connectivity index (χ3v) is 6.48. The van der Waals surface area contributed by atoms with Gasteiger partial charge in [-0.1, -0.05) is 16.8 Å². The minimum absolute atomic E-state index is 0.0128. The van der Waals surface area contributed by atoms with Gasteiger partial charge in [-0.05, 0) is 59.3 Å². The second-order valence-corrected chi connectivity index (χ2v) is 10.5. The highest BCUT2D eigenvalue weighted by molar-refractivity contribution is 9.10. The van der Waals surface area contributed by atoms with E-state index in [-0.39, 0.29) is 12.2 Å². The Morgan fingerprint density at radius 3 is 2.86 bits per heavy atom. The number of benzene rings is 1. The largest absolute Gasteiger partial charge is 0.437 e. The normalized spacial score (nSPS) is 14.5. The zero-order valence-electron chi connectivity index (χ0n) is 15.1. The van der Waals surface area contributed by atoms with Gasteiger partial charge in [0, 0.05) is 24.6 Å². The lowest BCUT2D eigenvalue weighted by Gasteiger charge is -2.12. The Labute approximate surface area is 176 Å². The summed E-state index contributed by atoms with van der Waals surface area (Å²) in [5.41, 5.74) is 2.28. The van der Waals surface area contributed by atoms with Gasteiger partial charge in [0.15, 0.2) is 0 Å². The van der Waals surface area contributed by atoms with Crippen molar-refractivity contribution in [1.82, 2.24) is 20.0 Å². The molecule has 7 nitrogen and oxygen atoms in total. The number of aromatic nitrogens is 4. The molecule has 10 heteroatoms. The molecule has 28 heavy (non-hydrogen) atoms. The minimum atomic E-state index is -3.12. The van der Waals surface area contributed by atoms with Crippen molar-refractivity contribution >= 4 is 48.4 Å². The molecular weight excluding hydrogens is 468 g/mol. The molecule has 0 aliphatic heterocycles. The predicted octanol–water partition coefficient (Wildman–Crippen LogP) is 4.03. The van der Waals surface area contributed by atoms with Crippen molar-refractivity contribution in [1.29, 1.82) is 0 Å². The average molecular weight is 486 g/mol. The molecule has 1 fully saturated rings. The molecule has 0 amide bonds. The number of aryl methyl sites for hydroxylation is 1. The Bertz CT molecular complexity index is 1150. The highest BCUT2D eigenvalue weighted by Crippen LogP contribution is 2.37. The summed E-state index contributed by atoms with van der Waals surface area (Å²) in [6.45, 7) is 0.873. The Hall–Kier alpha value is -1.71. The van der Waals surface area contributed by atoms with Crippen LogP contribution in [-0.4, -0.2) is 40.4 Å². The minimum Gasteiger partial charge on any atom is -0.437 e. The highest BCUT2D eigenvalue weighted by atomic mass is 79.9. The summed E-state index contributed by atoms with van der Waals surface area (Å²) >= 11 is 9.58. The van der Waals surface area contributed by atoms with Gasteiger partial charge in [0.25, 0.3) is 0 Å². The van der Waals surface area contributed by atoms with Crippen LogP contribution in [0.5, 0.6) is 11.6 Å². The molecule has 4 rings (SSSR count). The van der Waals surface area contributed by atoms with E-state index in [1.165, 1.54) is 25.3 Å². The molecular formula is C18H18BrClN4O3S. The fraction of sp³-hybridized carbons (Fsp3) is 0.389. The highest BCUT2D eigenvalue weighted by Gasteiger charge is 2.24. The molecule has 2 heterocycles. The molecule has 3 aromatic rings. The lowest BCUT2D eigenvalue weighted by atomic mass is 10.2. The molecule has 0 radical (unpaired) electrons. The summed E-state index contributed by atoms with van der Waals surface area (Å²) in [5, 5.41) is 8.95. The maximum Gasteiger partial charge on any atom is 0.222 e. The summed E-state index contributed by atoms with van der Waals surface area (Å²) in [4.78, 5) is 4.24. The van der Waals surface area contributed by atoms with E-state index in [2.05, 4.69) is 31.2 Å². The molecule has 148 valence electrons. The third-order valence-electron chi connectivity index (χ3n) is 4.56. The standard InChI is InChI=1S/C18H18BrClN4O3S/c1-28(25,26)7-6-12-8-13(20)9-21-18(12)27-15-5-4-14-17(16(15)19)22-23-24(14)10-11-2-3-11/h4-5,8-9,11H,2-3,6-7,10H2,1H3. The van der Waals surface area contributed by atoms with Crippen molar-refractivity contribution in [2.45, 2.75) is 25.8 Å². The number of hydrogen-bond donors (Lipinski definition) is 0. The fourth-order valence-electron chi connectivity index (χ4n) is 2.88. The second-order valence-electron chi connectivity index (χ2n) is 7.06. The van der Waals surface area contributed by atoms with Gasteiger partial charge in [-0.3, -0.25) is 0 Å². The van der Waals surface area contributed by atoms with Gasteiger partial charge in [0.2, 0.25) is 5.88 Å². The first-order valence-electron chi connectivity index (χ1n) is 8.82. The number of nitrogens with zero attached hydrogens (tertiary/aromatic N) is 4. The van der Waals surface area contributed by atoms with Crippen LogP contribution in [0.2, 0.25) is 5.02 Å². The van der Waals surface area contributed by atoms with Crippen LogP contribution in [0.15, 0.2) is 28.9 Å². The van der Waals surface area contributed by atoms with E-state index in [1.54, 1.807) is 6.07 Å². The van der Waals surface area contributed by atoms with E-state index in [4.69, 9.17) is 16.3 Å². The Balaban J connectivity index is 1.63. The number of halogens is 2. The van der Waals surface area contributed by atoms with Crippen molar-refractivity contribution in [2.75, 3.05) is 12.0 Å². The van der Waals surface area contributed by atoms with Crippen LogP contribution in [-0.2, 0) is 22.8 Å². The van der Waals surface area contributed by atoms with E-state index in [0.29, 0.717) is 38.1 Å². The summed E-state index contributed by atoms with van der Waals surface area (Å²) in [6, 6.07) is 5.42. The Morgan fingerprint density at radius 2 is 2.14 bits per heavy atom. The van der Waals surface area contributed by atoms with Crippen LogP contribution in [0.4, 0.5) is 0 Å². The van der Waals surface area contributed by atoms with E-state index < -0.39 is 9.84 Å². The van der Waals surface area contributed by atoms with Crippen molar-refractivity contribution in [3.8, 4) is 11.6 Å². The lowest BCUT2D eigenvalue weighted by Crippen LogP contribution is -2.07. The van der Waals surface area contributed by atoms with Crippen LogP contribution >= 0.6 is 27.5 Å². The topological polar surface area (TPSA) is 87.0 Å². The van der Waals surface area contributed by atoms with Gasteiger partial charge in [0.1, 0.15) is 21.1 Å². The van der Waals surface area contributed by atoms with E-state index in [0.717, 1.165) is 12.1 Å². The third kappa shape index (κ3) is 4.47. The van der Waals surface area contributed by atoms with Gasteiger partial charge in [-0.15, -0.1) is 5.10 Å². The zero-order valence-corrected chi connectivity index (χ0v) is 18.3. The van der Waals surface area contributed by atoms with Gasteiger partial charge in [0.05, 0.1) is 20.8 Å². The summed E-state index contributed by atoms with van der Waals surface area (Å²) < 4.78 is 31.6. The van der Waals surface area contributed by atoms with Gasteiger partial charge in [-0.2, -0.15) is 0 Å². The van der Waals surface area contributed by atoms with Crippen LogP contribution < -0.4 is 4.74 Å². The number of fused-ring (bicyclic) bond motifs is 1. The molecule has 0 spiro atoms. The quantitative estimate of drug-likeness (QED) is 0.502. The number of sulfone groups is 1. The van der Waals surface area contributed by atoms with E-state index in [1.807, 2.05) is 16.8 Å². The molecule has 2 aromatic heterocycles. The monoisotopic (exact) mass is 484 g/mol. The molecule has 0 saturated heterocycles. The van der Waals surface area contributed by atoms with Gasteiger partial charge < -0.3 is 4.74 Å². The maximum absolute atomic E-state index is 11.5. The fourth-order valence-corrected chi connectivity index (χ4v) is 4.15. The average Bonchev–Trinajstić information content (AvgIpc) is 3.35. The molecule has 0 unspecified atom stereocenters. The number of ether oxygens (including phenoxy) is 1. The summed E-state index contributed by atoms with van der Waals surface area (Å²) in [5.74, 6) is 1.52. The number of pyridine rings is 1. The SMILES string of the molecule is CS(=O)(=O)CCc1cc(Cl)cnc1Oc1ccc2c(nnn2CC2CC2)c1Br. The van der Waals surface area contributed by atoms with Crippen LogP contribution in [0.3, 0.4) is 0 Å². The van der Waals surface area contributed by atoms with Crippen molar-refractivity contribution in [3.05, 3.63) is 39.5 Å². The Kier molecular flexibility index (Phi) is 5.32. The second kappa shape index (κ2) is 7.61. The first kappa shape index (κ1) is 19.6. The molecule has 1 aromatic carbocycles. The summed E-state index contributed by atoms with van der Waals surface area (Å²) in [7, 11) is -3.12. The maximum atomic E-state index is 11.5. The van der Waals surface area contributed by atoms with Crippen LogP contribution in [0.1, 0.15) is 18.4 Å². The van der Waals surface area contributed by atoms with Crippen molar-refractivity contribution in [3.63, 3.8) is 0 Å². The molecule has 0 atom stereocenters. The molecule has 1 aliphatic rings. The molecule has 0 bridgehead atoms. The van der Waals surface area contributed by atoms with E-state index >= 15 is 0 Å². The van der Waals surface area contributed by atoms with Crippen LogP contribution in [0, 0.1) is 5.92 Å². The van der Waals surface area contributed by atoms with Crippen LogP contribution in [0.25, 0.3) is 11.0 Å². The van der Waals surface area contributed by atoms with Crippen molar-refractivity contribution < 1.29 is 13.2 Å². The smallest absolute Gasteiger partial charge is 0.222 e. The van der Waals surface area contributed by atoms with E-state index in [9.17, 15) is 8.42 Å².